The van der Waals surface area contributed by atoms with Gasteiger partial charge in [-0.05, 0) is 24.3 Å². The molecule has 23 heavy (non-hydrogen) atoms. The van der Waals surface area contributed by atoms with Crippen molar-refractivity contribution in [3.8, 4) is 0 Å². The van der Waals surface area contributed by atoms with E-state index in [4.69, 9.17) is 34.8 Å². The number of hydrogen-bond acceptors (Lipinski definition) is 3. The van der Waals surface area contributed by atoms with Crippen LogP contribution in [0, 0.1) is 0 Å². The monoisotopic (exact) mass is 389 g/mol. The largest absolute Gasteiger partial charge is 0.320 e. The molecule has 1 amide bonds. The molecule has 0 aliphatic rings. The van der Waals surface area contributed by atoms with Crippen molar-refractivity contribution in [1.29, 1.82) is 0 Å². The summed E-state index contributed by atoms with van der Waals surface area (Å²) in [4.78, 5) is 12.0. The molecule has 8 heteroatoms. The van der Waals surface area contributed by atoms with Gasteiger partial charge in [-0.2, -0.15) is 0 Å². The van der Waals surface area contributed by atoms with Crippen LogP contribution >= 0.6 is 34.8 Å². The van der Waals surface area contributed by atoms with Crippen molar-refractivity contribution in [2.45, 2.75) is 4.90 Å². The summed E-state index contributed by atoms with van der Waals surface area (Å²) in [5, 5.41) is 2.05. The van der Waals surface area contributed by atoms with E-state index in [-0.39, 0.29) is 9.92 Å². The van der Waals surface area contributed by atoms with Gasteiger partial charge in [0.05, 0.1) is 15.6 Å². The molecular formula is C15H10Cl3NO3S. The zero-order chi connectivity index (χ0) is 17.0. The number of amides is 1. The number of anilines is 1. The van der Waals surface area contributed by atoms with E-state index in [2.05, 4.69) is 5.32 Å². The quantitative estimate of drug-likeness (QED) is 0.787. The Bertz CT molecular complexity index is 865. The number of halogens is 3. The van der Waals surface area contributed by atoms with Gasteiger partial charge in [0.1, 0.15) is 5.03 Å². The van der Waals surface area contributed by atoms with E-state index in [9.17, 15) is 13.2 Å². The first-order valence-corrected chi connectivity index (χ1v) is 8.87. The van der Waals surface area contributed by atoms with E-state index in [0.29, 0.717) is 5.69 Å². The minimum Gasteiger partial charge on any atom is -0.320 e. The number of carbonyl (C=O) groups excluding carboxylic acids is 1. The van der Waals surface area contributed by atoms with E-state index >= 15 is 0 Å². The second-order valence-electron chi connectivity index (χ2n) is 4.34. The molecule has 0 atom stereocenters. The van der Waals surface area contributed by atoms with E-state index in [1.807, 2.05) is 0 Å². The maximum atomic E-state index is 12.3. The van der Waals surface area contributed by atoms with Gasteiger partial charge in [-0.3, -0.25) is 4.79 Å². The van der Waals surface area contributed by atoms with Crippen LogP contribution < -0.4 is 5.32 Å². The third kappa shape index (κ3) is 4.06. The van der Waals surface area contributed by atoms with E-state index in [1.54, 1.807) is 30.3 Å². The van der Waals surface area contributed by atoms with Crippen molar-refractivity contribution in [2.75, 3.05) is 5.32 Å². The normalized spacial score (nSPS) is 12.5. The van der Waals surface area contributed by atoms with Gasteiger partial charge < -0.3 is 5.32 Å². The summed E-state index contributed by atoms with van der Waals surface area (Å²) in [6.07, 6.45) is 0. The minimum absolute atomic E-state index is 0.0614. The molecule has 0 spiro atoms. The fourth-order valence-electron chi connectivity index (χ4n) is 1.65. The minimum atomic E-state index is -4.07. The fourth-order valence-corrected chi connectivity index (χ4v) is 3.59. The summed E-state index contributed by atoms with van der Waals surface area (Å²) in [7, 11) is -4.07. The molecule has 0 bridgehead atoms. The van der Waals surface area contributed by atoms with Gasteiger partial charge >= 0.3 is 0 Å². The molecule has 0 unspecified atom stereocenters. The van der Waals surface area contributed by atoms with Crippen molar-refractivity contribution < 1.29 is 13.2 Å². The van der Waals surface area contributed by atoms with E-state index < -0.39 is 25.1 Å². The topological polar surface area (TPSA) is 63.2 Å². The van der Waals surface area contributed by atoms with Crippen molar-refractivity contribution in [3.05, 3.63) is 69.0 Å². The first-order chi connectivity index (χ1) is 10.8. The molecule has 120 valence electrons. The number of carbonyl (C=O) groups is 1. The van der Waals surface area contributed by atoms with Crippen LogP contribution in [0.5, 0.6) is 0 Å². The molecule has 2 rings (SSSR count). The third-order valence-corrected chi connectivity index (χ3v) is 6.05. The van der Waals surface area contributed by atoms with Gasteiger partial charge in [-0.1, -0.05) is 65.1 Å². The molecule has 0 saturated carbocycles. The number of hydrogen-bond donors (Lipinski definition) is 1. The molecule has 1 N–H and O–H groups in total. The zero-order valence-electron chi connectivity index (χ0n) is 11.5. The van der Waals surface area contributed by atoms with Crippen molar-refractivity contribution in [2.24, 2.45) is 0 Å². The first kappa shape index (κ1) is 17.8. The molecule has 0 saturated heterocycles. The summed E-state index contributed by atoms with van der Waals surface area (Å²) in [6.45, 7) is 0. The highest BCUT2D eigenvalue weighted by molar-refractivity contribution is 7.97. The lowest BCUT2D eigenvalue weighted by Crippen LogP contribution is -2.15. The number of sulfone groups is 1. The number of para-hydroxylation sites is 1. The smallest absolute Gasteiger partial charge is 0.269 e. The molecule has 0 radical (unpaired) electrons. The lowest BCUT2D eigenvalue weighted by atomic mass is 10.3. The van der Waals surface area contributed by atoms with Crippen molar-refractivity contribution >= 4 is 56.2 Å². The van der Waals surface area contributed by atoms with Crippen LogP contribution in [0.4, 0.5) is 5.69 Å². The Morgan fingerprint density at radius 3 is 2.09 bits per heavy atom. The molecule has 0 fully saturated rings. The van der Waals surface area contributed by atoms with Crippen LogP contribution in [0.1, 0.15) is 0 Å². The maximum Gasteiger partial charge on any atom is 0.269 e. The Labute approximate surface area is 148 Å². The summed E-state index contributed by atoms with van der Waals surface area (Å²) in [5.74, 6) is -0.871. The fraction of sp³-hybridized carbons (Fsp3) is 0. The highest BCUT2D eigenvalue weighted by Gasteiger charge is 2.25. The highest BCUT2D eigenvalue weighted by atomic mass is 35.5. The molecule has 4 nitrogen and oxygen atoms in total. The van der Waals surface area contributed by atoms with Crippen molar-refractivity contribution in [3.63, 3.8) is 0 Å². The van der Waals surface area contributed by atoms with Gasteiger partial charge in [0.15, 0.2) is 4.36 Å². The Morgan fingerprint density at radius 1 is 0.913 bits per heavy atom. The summed E-state index contributed by atoms with van der Waals surface area (Å²) in [5.41, 5.74) is 0.291. The Kier molecular flexibility index (Phi) is 5.70. The number of benzene rings is 2. The van der Waals surface area contributed by atoms with Gasteiger partial charge in [0.2, 0.25) is 9.84 Å². The average molecular weight is 391 g/mol. The van der Waals surface area contributed by atoms with Crippen molar-refractivity contribution in [1.82, 2.24) is 0 Å². The lowest BCUT2D eigenvalue weighted by Gasteiger charge is -2.08. The summed E-state index contributed by atoms with van der Waals surface area (Å²) >= 11 is 17.6. The standard InChI is InChI=1S/C15H10Cl3NO3S/c16-11-8-4-5-9-12(11)19-15(20)13(17)14(18)23(21,22)10-6-2-1-3-7-10/h1-9H,(H,19,20)/b14-13+. The Hall–Kier alpha value is -1.53. The summed E-state index contributed by atoms with van der Waals surface area (Å²) < 4.78 is 23.9. The van der Waals surface area contributed by atoms with E-state index in [0.717, 1.165) is 0 Å². The van der Waals surface area contributed by atoms with Crippen LogP contribution in [0.3, 0.4) is 0 Å². The molecule has 2 aromatic carbocycles. The zero-order valence-corrected chi connectivity index (χ0v) is 14.5. The van der Waals surface area contributed by atoms with Gasteiger partial charge in [0, 0.05) is 0 Å². The Morgan fingerprint density at radius 2 is 1.48 bits per heavy atom. The second kappa shape index (κ2) is 7.36. The maximum absolute atomic E-state index is 12.3. The van der Waals surface area contributed by atoms with Crippen LogP contribution in [0.15, 0.2) is 68.9 Å². The van der Waals surface area contributed by atoms with Crippen LogP contribution in [0.25, 0.3) is 0 Å². The summed E-state index contributed by atoms with van der Waals surface area (Å²) in [6, 6.07) is 13.9. The molecule has 0 aliphatic heterocycles. The van der Waals surface area contributed by atoms with Crippen LogP contribution in [-0.4, -0.2) is 14.3 Å². The number of rotatable bonds is 4. The molecular weight excluding hydrogens is 381 g/mol. The molecule has 0 aliphatic carbocycles. The second-order valence-corrected chi connectivity index (χ2v) is 7.61. The predicted octanol–water partition coefficient (Wildman–Crippen LogP) is 4.40. The third-order valence-electron chi connectivity index (χ3n) is 2.78. The van der Waals surface area contributed by atoms with Gasteiger partial charge in [-0.15, -0.1) is 0 Å². The van der Waals surface area contributed by atoms with Crippen LogP contribution in [-0.2, 0) is 14.6 Å². The van der Waals surface area contributed by atoms with E-state index in [1.165, 1.54) is 24.3 Å². The van der Waals surface area contributed by atoms with Gasteiger partial charge in [-0.25, -0.2) is 8.42 Å². The van der Waals surface area contributed by atoms with Crippen LogP contribution in [0.2, 0.25) is 5.02 Å². The Balaban J connectivity index is 2.33. The first-order valence-electron chi connectivity index (χ1n) is 6.25. The van der Waals surface area contributed by atoms with Gasteiger partial charge in [0.25, 0.3) is 5.91 Å². The number of nitrogens with one attached hydrogen (secondary N) is 1. The lowest BCUT2D eigenvalue weighted by molar-refractivity contribution is -0.112. The predicted molar refractivity (Wildman–Crippen MR) is 92.4 cm³/mol. The average Bonchev–Trinajstić information content (AvgIpc) is 2.56. The highest BCUT2D eigenvalue weighted by Crippen LogP contribution is 2.28. The SMILES string of the molecule is O=C(Nc1ccccc1Cl)/C(Cl)=C(/Cl)S(=O)(=O)c1ccccc1. The molecule has 0 aromatic heterocycles. The molecule has 2 aromatic rings. The molecule has 0 heterocycles.